The Labute approximate surface area is 149 Å². The molecule has 0 saturated carbocycles. The standard InChI is InChI=1S/C17H19N3O4S/c1-10-3-5-11(6-4-10)17-20-13(9-25-17)16(24)19-12(15(23)18-2)7-8-14(21)22/h3-6,9,12H,7-8H2,1-2H3,(H,18,23)(H,19,24)(H,21,22)/t12-/m0/s1. The highest BCUT2D eigenvalue weighted by Gasteiger charge is 2.22. The van der Waals surface area contributed by atoms with Gasteiger partial charge in [-0.2, -0.15) is 0 Å². The van der Waals surface area contributed by atoms with Crippen molar-refractivity contribution in [2.75, 3.05) is 7.05 Å². The molecule has 1 heterocycles. The van der Waals surface area contributed by atoms with Gasteiger partial charge in [0.1, 0.15) is 16.7 Å². The number of hydrogen-bond donors (Lipinski definition) is 3. The molecule has 132 valence electrons. The van der Waals surface area contributed by atoms with Gasteiger partial charge in [-0.05, 0) is 13.3 Å². The van der Waals surface area contributed by atoms with Gasteiger partial charge in [0.05, 0.1) is 0 Å². The molecule has 0 aliphatic rings. The van der Waals surface area contributed by atoms with Crippen LogP contribution >= 0.6 is 11.3 Å². The molecule has 0 aliphatic heterocycles. The third-order valence-corrected chi connectivity index (χ3v) is 4.44. The predicted molar refractivity (Wildman–Crippen MR) is 94.5 cm³/mol. The first-order valence-corrected chi connectivity index (χ1v) is 8.55. The highest BCUT2D eigenvalue weighted by molar-refractivity contribution is 7.13. The van der Waals surface area contributed by atoms with E-state index in [2.05, 4.69) is 15.6 Å². The maximum absolute atomic E-state index is 12.3. The summed E-state index contributed by atoms with van der Waals surface area (Å²) in [6.45, 7) is 1.99. The fraction of sp³-hybridized carbons (Fsp3) is 0.294. The molecule has 7 nitrogen and oxygen atoms in total. The lowest BCUT2D eigenvalue weighted by Gasteiger charge is -2.15. The summed E-state index contributed by atoms with van der Waals surface area (Å²) in [6, 6.07) is 6.86. The summed E-state index contributed by atoms with van der Waals surface area (Å²) >= 11 is 1.33. The van der Waals surface area contributed by atoms with Gasteiger partial charge in [-0.3, -0.25) is 14.4 Å². The molecule has 3 N–H and O–H groups in total. The Morgan fingerprint density at radius 2 is 1.92 bits per heavy atom. The SMILES string of the molecule is CNC(=O)[C@H](CCC(=O)O)NC(=O)c1csc(-c2ccc(C)cc2)n1. The van der Waals surface area contributed by atoms with E-state index in [4.69, 9.17) is 5.11 Å². The molecule has 2 rings (SSSR count). The van der Waals surface area contributed by atoms with Crippen LogP contribution < -0.4 is 10.6 Å². The Morgan fingerprint density at radius 3 is 2.52 bits per heavy atom. The van der Waals surface area contributed by atoms with Crippen molar-refractivity contribution in [1.82, 2.24) is 15.6 Å². The minimum Gasteiger partial charge on any atom is -0.481 e. The molecule has 0 radical (unpaired) electrons. The molecule has 8 heteroatoms. The van der Waals surface area contributed by atoms with Crippen molar-refractivity contribution < 1.29 is 19.5 Å². The minimum atomic E-state index is -1.03. The second kappa shape index (κ2) is 8.39. The van der Waals surface area contributed by atoms with Gasteiger partial charge in [-0.1, -0.05) is 29.8 Å². The van der Waals surface area contributed by atoms with Crippen LogP contribution in [0.4, 0.5) is 0 Å². The van der Waals surface area contributed by atoms with E-state index < -0.39 is 23.8 Å². The molecule has 0 fully saturated rings. The fourth-order valence-electron chi connectivity index (χ4n) is 2.15. The second-order valence-corrected chi connectivity index (χ2v) is 6.33. The van der Waals surface area contributed by atoms with Gasteiger partial charge in [0.15, 0.2) is 0 Å². The summed E-state index contributed by atoms with van der Waals surface area (Å²) in [6.07, 6.45) is -0.209. The number of carbonyl (C=O) groups is 3. The van der Waals surface area contributed by atoms with E-state index in [1.807, 2.05) is 31.2 Å². The Balaban J connectivity index is 2.09. The molecule has 1 atom stereocenters. The average molecular weight is 361 g/mol. The van der Waals surface area contributed by atoms with E-state index in [1.54, 1.807) is 5.38 Å². The highest BCUT2D eigenvalue weighted by Crippen LogP contribution is 2.24. The number of carboxylic acids is 1. The third-order valence-electron chi connectivity index (χ3n) is 3.55. The van der Waals surface area contributed by atoms with Crippen molar-refractivity contribution in [2.24, 2.45) is 0 Å². The molecule has 25 heavy (non-hydrogen) atoms. The largest absolute Gasteiger partial charge is 0.481 e. The number of nitrogens with zero attached hydrogens (tertiary/aromatic N) is 1. The van der Waals surface area contributed by atoms with E-state index in [0.29, 0.717) is 5.01 Å². The van der Waals surface area contributed by atoms with Crippen molar-refractivity contribution in [2.45, 2.75) is 25.8 Å². The van der Waals surface area contributed by atoms with Crippen LogP contribution in [0.1, 0.15) is 28.9 Å². The molecule has 0 saturated heterocycles. The number of amides is 2. The first-order chi connectivity index (χ1) is 11.9. The second-order valence-electron chi connectivity index (χ2n) is 5.48. The number of aryl methyl sites for hydroxylation is 1. The van der Waals surface area contributed by atoms with Gasteiger partial charge in [-0.25, -0.2) is 4.98 Å². The van der Waals surface area contributed by atoms with Crippen molar-refractivity contribution >= 4 is 29.1 Å². The molecular weight excluding hydrogens is 342 g/mol. The van der Waals surface area contributed by atoms with Crippen LogP contribution in [0.2, 0.25) is 0 Å². The van der Waals surface area contributed by atoms with Crippen molar-refractivity contribution in [3.05, 3.63) is 40.9 Å². The summed E-state index contributed by atoms with van der Waals surface area (Å²) < 4.78 is 0. The van der Waals surface area contributed by atoms with Gasteiger partial charge in [-0.15, -0.1) is 11.3 Å². The summed E-state index contributed by atoms with van der Waals surface area (Å²) in [5.74, 6) is -1.98. The maximum Gasteiger partial charge on any atom is 0.303 e. The van der Waals surface area contributed by atoms with Gasteiger partial charge >= 0.3 is 5.97 Å². The molecule has 2 amide bonds. The maximum atomic E-state index is 12.3. The number of aliphatic carboxylic acids is 1. The van der Waals surface area contributed by atoms with Crippen molar-refractivity contribution in [1.29, 1.82) is 0 Å². The average Bonchev–Trinajstić information content (AvgIpc) is 3.08. The van der Waals surface area contributed by atoms with Gasteiger partial charge in [0.2, 0.25) is 5.91 Å². The number of carboxylic acid groups (broad SMARTS) is 1. The lowest BCUT2D eigenvalue weighted by atomic mass is 10.1. The van der Waals surface area contributed by atoms with Crippen LogP contribution in [-0.2, 0) is 9.59 Å². The Bertz CT molecular complexity index is 770. The fourth-order valence-corrected chi connectivity index (χ4v) is 2.96. The van der Waals surface area contributed by atoms with E-state index in [-0.39, 0.29) is 18.5 Å². The molecular formula is C17H19N3O4S. The number of aromatic nitrogens is 1. The number of likely N-dealkylation sites (N-methyl/N-ethyl adjacent to an activating group) is 1. The summed E-state index contributed by atoms with van der Waals surface area (Å²) in [4.78, 5) is 39.1. The van der Waals surface area contributed by atoms with E-state index in [0.717, 1.165) is 11.1 Å². The van der Waals surface area contributed by atoms with Crippen LogP contribution in [0.25, 0.3) is 10.6 Å². The summed E-state index contributed by atoms with van der Waals surface area (Å²) in [5.41, 5.74) is 2.23. The first-order valence-electron chi connectivity index (χ1n) is 7.67. The zero-order valence-electron chi connectivity index (χ0n) is 13.9. The van der Waals surface area contributed by atoms with E-state index in [1.165, 1.54) is 18.4 Å². The molecule has 0 spiro atoms. The summed E-state index contributed by atoms with van der Waals surface area (Å²) in [7, 11) is 1.43. The molecule has 0 unspecified atom stereocenters. The van der Waals surface area contributed by atoms with E-state index >= 15 is 0 Å². The number of rotatable bonds is 7. The van der Waals surface area contributed by atoms with Gasteiger partial charge < -0.3 is 15.7 Å². The highest BCUT2D eigenvalue weighted by atomic mass is 32.1. The topological polar surface area (TPSA) is 108 Å². The normalized spacial score (nSPS) is 11.6. The van der Waals surface area contributed by atoms with Gasteiger partial charge in [0.25, 0.3) is 5.91 Å². The molecule has 0 bridgehead atoms. The van der Waals surface area contributed by atoms with Crippen molar-refractivity contribution in [3.8, 4) is 10.6 Å². The number of nitrogens with one attached hydrogen (secondary N) is 2. The van der Waals surface area contributed by atoms with Crippen molar-refractivity contribution in [3.63, 3.8) is 0 Å². The smallest absolute Gasteiger partial charge is 0.303 e. The molecule has 1 aromatic heterocycles. The Hall–Kier alpha value is -2.74. The minimum absolute atomic E-state index is 0.00963. The molecule has 0 aliphatic carbocycles. The van der Waals surface area contributed by atoms with E-state index in [9.17, 15) is 14.4 Å². The quantitative estimate of drug-likeness (QED) is 0.697. The third kappa shape index (κ3) is 5.12. The number of carbonyl (C=O) groups excluding carboxylic acids is 2. The monoisotopic (exact) mass is 361 g/mol. The van der Waals surface area contributed by atoms with Crippen LogP contribution in [0, 0.1) is 6.92 Å². The zero-order chi connectivity index (χ0) is 18.4. The number of thiazole rings is 1. The lowest BCUT2D eigenvalue weighted by Crippen LogP contribution is -2.46. The Kier molecular flexibility index (Phi) is 6.24. The zero-order valence-corrected chi connectivity index (χ0v) is 14.7. The van der Waals surface area contributed by atoms with Crippen LogP contribution in [0.5, 0.6) is 0 Å². The molecule has 2 aromatic rings. The first kappa shape index (κ1) is 18.6. The number of hydrogen-bond acceptors (Lipinski definition) is 5. The Morgan fingerprint density at radius 1 is 1.24 bits per heavy atom. The van der Waals surface area contributed by atoms with Crippen LogP contribution in [0.15, 0.2) is 29.6 Å². The lowest BCUT2D eigenvalue weighted by molar-refractivity contribution is -0.137. The summed E-state index contributed by atoms with van der Waals surface area (Å²) in [5, 5.41) is 16.0. The van der Waals surface area contributed by atoms with Crippen LogP contribution in [0.3, 0.4) is 0 Å². The number of benzene rings is 1. The molecule has 1 aromatic carbocycles. The predicted octanol–water partition coefficient (Wildman–Crippen LogP) is 1.83. The van der Waals surface area contributed by atoms with Gasteiger partial charge in [0, 0.05) is 24.4 Å². The van der Waals surface area contributed by atoms with Crippen LogP contribution in [-0.4, -0.2) is 41.0 Å².